The van der Waals surface area contributed by atoms with Gasteiger partial charge in [0.15, 0.2) is 5.78 Å². The van der Waals surface area contributed by atoms with Crippen LogP contribution >= 0.6 is 0 Å². The molecule has 0 saturated carbocycles. The van der Waals surface area contributed by atoms with Crippen LogP contribution in [0.2, 0.25) is 0 Å². The Labute approximate surface area is 134 Å². The van der Waals surface area contributed by atoms with Crippen LogP contribution in [-0.2, 0) is 0 Å². The van der Waals surface area contributed by atoms with Crippen molar-refractivity contribution >= 4 is 17.4 Å². The van der Waals surface area contributed by atoms with Crippen molar-refractivity contribution < 1.29 is 9.59 Å². The highest BCUT2D eigenvalue weighted by Gasteiger charge is 2.16. The summed E-state index contributed by atoms with van der Waals surface area (Å²) in [6.45, 7) is 0. The average Bonchev–Trinajstić information content (AvgIpc) is 2.63. The zero-order valence-electron chi connectivity index (χ0n) is 12.3. The minimum atomic E-state index is -0.362. The van der Waals surface area contributed by atoms with Crippen LogP contribution in [0.5, 0.6) is 0 Å². The molecule has 1 amide bonds. The van der Waals surface area contributed by atoms with E-state index >= 15 is 0 Å². The van der Waals surface area contributed by atoms with Crippen molar-refractivity contribution in [1.29, 1.82) is 0 Å². The molecule has 1 radical (unpaired) electrons. The summed E-state index contributed by atoms with van der Waals surface area (Å²) in [5.74, 6) is -0.510. The molecule has 0 aliphatic carbocycles. The third-order valence-electron chi connectivity index (χ3n) is 3.43. The highest BCUT2D eigenvalue weighted by atomic mass is 16.1. The number of ketones is 1. The number of carbonyl (C=O) groups excluding carboxylic acids is 2. The van der Waals surface area contributed by atoms with Crippen molar-refractivity contribution in [2.75, 3.05) is 0 Å². The molecule has 3 nitrogen and oxygen atoms in total. The molecule has 0 saturated heterocycles. The topological polar surface area (TPSA) is 48.2 Å². The Hall–Kier alpha value is -3.20. The second-order valence-corrected chi connectivity index (χ2v) is 5.00. The van der Waals surface area contributed by atoms with Gasteiger partial charge in [-0.2, -0.15) is 0 Å². The summed E-state index contributed by atoms with van der Waals surface area (Å²) >= 11 is 0. The third kappa shape index (κ3) is 3.35. The minimum absolute atomic E-state index is 0.147. The third-order valence-corrected chi connectivity index (χ3v) is 3.43. The monoisotopic (exact) mass is 300 g/mol. The van der Waals surface area contributed by atoms with E-state index in [1.807, 2.05) is 24.3 Å². The second kappa shape index (κ2) is 6.71. The van der Waals surface area contributed by atoms with Crippen molar-refractivity contribution in [2.45, 2.75) is 0 Å². The zero-order valence-corrected chi connectivity index (χ0v) is 12.3. The predicted octanol–water partition coefficient (Wildman–Crippen LogP) is 3.99. The maximum Gasteiger partial charge on any atom is 0.277 e. The lowest BCUT2D eigenvalue weighted by Gasteiger charge is -2.08. The summed E-state index contributed by atoms with van der Waals surface area (Å²) in [5, 5.41) is 4.12. The molecule has 0 aromatic heterocycles. The Kier molecular flexibility index (Phi) is 4.29. The van der Waals surface area contributed by atoms with E-state index in [1.165, 1.54) is 0 Å². The molecule has 0 bridgehead atoms. The van der Waals surface area contributed by atoms with Gasteiger partial charge in [0.1, 0.15) is 0 Å². The molecule has 0 spiro atoms. The van der Waals surface area contributed by atoms with E-state index < -0.39 is 0 Å². The van der Waals surface area contributed by atoms with E-state index in [1.54, 1.807) is 60.7 Å². The zero-order chi connectivity index (χ0) is 16.1. The molecule has 0 unspecified atom stereocenters. The lowest BCUT2D eigenvalue weighted by Crippen LogP contribution is -2.14. The predicted molar refractivity (Wildman–Crippen MR) is 88.9 cm³/mol. The molecule has 0 aliphatic heterocycles. The van der Waals surface area contributed by atoms with Gasteiger partial charge in [-0.25, -0.2) is 5.32 Å². The Morgan fingerprint density at radius 2 is 1.13 bits per heavy atom. The molecule has 23 heavy (non-hydrogen) atoms. The number of nitrogens with zero attached hydrogens (tertiary/aromatic N) is 1. The molecule has 3 aromatic rings. The Balaban J connectivity index is 1.90. The van der Waals surface area contributed by atoms with Crippen LogP contribution in [0.3, 0.4) is 0 Å². The second-order valence-electron chi connectivity index (χ2n) is 5.00. The summed E-state index contributed by atoms with van der Waals surface area (Å²) in [5.41, 5.74) is 1.87. The first kappa shape index (κ1) is 14.7. The van der Waals surface area contributed by atoms with E-state index in [0.29, 0.717) is 22.4 Å². The highest BCUT2D eigenvalue weighted by Crippen LogP contribution is 2.20. The molecule has 3 rings (SSSR count). The number of amides is 1. The highest BCUT2D eigenvalue weighted by molar-refractivity contribution is 6.13. The van der Waals surface area contributed by atoms with Gasteiger partial charge in [0.05, 0.1) is 5.69 Å². The Morgan fingerprint density at radius 3 is 1.78 bits per heavy atom. The number of hydrogen-bond donors (Lipinski definition) is 0. The fraction of sp³-hybridized carbons (Fsp3) is 0. The van der Waals surface area contributed by atoms with Gasteiger partial charge < -0.3 is 0 Å². The van der Waals surface area contributed by atoms with E-state index in [-0.39, 0.29) is 11.7 Å². The first-order valence-electron chi connectivity index (χ1n) is 7.25. The van der Waals surface area contributed by atoms with Crippen LogP contribution in [0.1, 0.15) is 26.3 Å². The van der Waals surface area contributed by atoms with Crippen LogP contribution in [0.4, 0.5) is 5.69 Å². The van der Waals surface area contributed by atoms with Crippen molar-refractivity contribution in [3.63, 3.8) is 0 Å². The summed E-state index contributed by atoms with van der Waals surface area (Å²) < 4.78 is 0. The molecule has 111 valence electrons. The van der Waals surface area contributed by atoms with E-state index in [0.717, 1.165) is 0 Å². The van der Waals surface area contributed by atoms with Gasteiger partial charge in [0.2, 0.25) is 0 Å². The van der Waals surface area contributed by atoms with E-state index in [2.05, 4.69) is 5.32 Å². The number of carbonyl (C=O) groups is 2. The van der Waals surface area contributed by atoms with Gasteiger partial charge in [-0.05, 0) is 24.3 Å². The molecular weight excluding hydrogens is 286 g/mol. The van der Waals surface area contributed by atoms with Crippen LogP contribution in [0.15, 0.2) is 84.9 Å². The SMILES string of the molecule is O=C([N]c1ccccc1C(=O)c1ccccc1)c1ccccc1. The fourth-order valence-electron chi connectivity index (χ4n) is 2.26. The van der Waals surface area contributed by atoms with Crippen molar-refractivity contribution in [1.82, 2.24) is 5.32 Å². The fourth-order valence-corrected chi connectivity index (χ4v) is 2.26. The summed E-state index contributed by atoms with van der Waals surface area (Å²) in [6, 6.07) is 24.7. The maximum absolute atomic E-state index is 12.6. The van der Waals surface area contributed by atoms with Gasteiger partial charge in [0.25, 0.3) is 5.91 Å². The molecule has 0 N–H and O–H groups in total. The van der Waals surface area contributed by atoms with Gasteiger partial charge in [-0.15, -0.1) is 0 Å². The quantitative estimate of drug-likeness (QED) is 0.684. The Morgan fingerprint density at radius 1 is 0.609 bits per heavy atom. The summed E-state index contributed by atoms with van der Waals surface area (Å²) in [6.07, 6.45) is 0. The number of rotatable bonds is 4. The molecule has 0 atom stereocenters. The number of benzene rings is 3. The number of hydrogen-bond acceptors (Lipinski definition) is 2. The van der Waals surface area contributed by atoms with Gasteiger partial charge in [-0.1, -0.05) is 60.7 Å². The van der Waals surface area contributed by atoms with Crippen LogP contribution in [0.25, 0.3) is 0 Å². The van der Waals surface area contributed by atoms with Gasteiger partial charge in [-0.3, -0.25) is 9.59 Å². The largest absolute Gasteiger partial charge is 0.289 e. The van der Waals surface area contributed by atoms with Crippen LogP contribution < -0.4 is 5.32 Å². The van der Waals surface area contributed by atoms with E-state index in [9.17, 15) is 9.59 Å². The standard InChI is InChI=1S/C20H14NO2/c22-19(15-9-3-1-4-10-15)17-13-7-8-14-18(17)21-20(23)16-11-5-2-6-12-16/h1-14H. The molecular formula is C20H14NO2. The molecule has 3 aromatic carbocycles. The average molecular weight is 300 g/mol. The molecule has 0 fully saturated rings. The van der Waals surface area contributed by atoms with Crippen molar-refractivity contribution in [3.05, 3.63) is 102 Å². The van der Waals surface area contributed by atoms with Crippen LogP contribution in [0, 0.1) is 0 Å². The first-order chi connectivity index (χ1) is 11.3. The van der Waals surface area contributed by atoms with Crippen LogP contribution in [-0.4, -0.2) is 11.7 Å². The lowest BCUT2D eigenvalue weighted by atomic mass is 10.0. The molecule has 0 heterocycles. The number of para-hydroxylation sites is 1. The minimum Gasteiger partial charge on any atom is -0.289 e. The summed E-state index contributed by atoms with van der Waals surface area (Å²) in [7, 11) is 0. The van der Waals surface area contributed by atoms with E-state index in [4.69, 9.17) is 0 Å². The molecule has 0 aliphatic rings. The van der Waals surface area contributed by atoms with Gasteiger partial charge in [0, 0.05) is 16.7 Å². The lowest BCUT2D eigenvalue weighted by molar-refractivity contribution is 0.0968. The van der Waals surface area contributed by atoms with Crippen molar-refractivity contribution in [2.24, 2.45) is 0 Å². The summed E-state index contributed by atoms with van der Waals surface area (Å²) in [4.78, 5) is 24.9. The van der Waals surface area contributed by atoms with Crippen molar-refractivity contribution in [3.8, 4) is 0 Å². The molecule has 3 heteroatoms. The maximum atomic E-state index is 12.6. The first-order valence-corrected chi connectivity index (χ1v) is 7.25. The smallest absolute Gasteiger partial charge is 0.277 e. The van der Waals surface area contributed by atoms with Gasteiger partial charge >= 0.3 is 0 Å². The Bertz CT molecular complexity index is 827. The normalized spacial score (nSPS) is 10.1.